The van der Waals surface area contributed by atoms with Crippen molar-refractivity contribution in [3.63, 3.8) is 0 Å². The normalized spacial score (nSPS) is 10.9. The van der Waals surface area contributed by atoms with Crippen LogP contribution in [-0.2, 0) is 23.2 Å². The maximum Gasteiger partial charge on any atom is 0.242 e. The number of nitrogens with zero attached hydrogens (tertiary/aromatic N) is 3. The fourth-order valence-electron chi connectivity index (χ4n) is 2.68. The maximum absolute atomic E-state index is 12.8. The molecule has 1 rings (SSSR count). The predicted octanol–water partition coefficient (Wildman–Crippen LogP) is 3.05. The molecule has 24 heavy (non-hydrogen) atoms. The van der Waals surface area contributed by atoms with Gasteiger partial charge in [0, 0.05) is 38.4 Å². The highest BCUT2D eigenvalue weighted by molar-refractivity contribution is 5.84. The summed E-state index contributed by atoms with van der Waals surface area (Å²) >= 11 is 0. The number of rotatable bonds is 10. The van der Waals surface area contributed by atoms with Crippen molar-refractivity contribution in [1.29, 1.82) is 0 Å². The molecule has 136 valence electrons. The molecule has 0 bridgehead atoms. The highest BCUT2D eigenvalue weighted by Crippen LogP contribution is 2.09. The van der Waals surface area contributed by atoms with Crippen LogP contribution in [0.4, 0.5) is 0 Å². The van der Waals surface area contributed by atoms with Gasteiger partial charge in [0.25, 0.3) is 0 Å². The van der Waals surface area contributed by atoms with E-state index in [1.165, 1.54) is 0 Å². The van der Waals surface area contributed by atoms with E-state index in [0.717, 1.165) is 25.1 Å². The van der Waals surface area contributed by atoms with Crippen LogP contribution >= 0.6 is 0 Å². The minimum absolute atomic E-state index is 0.0344. The fourth-order valence-corrected chi connectivity index (χ4v) is 2.68. The summed E-state index contributed by atoms with van der Waals surface area (Å²) in [4.78, 5) is 28.6. The van der Waals surface area contributed by atoms with Crippen molar-refractivity contribution >= 4 is 11.8 Å². The van der Waals surface area contributed by atoms with Gasteiger partial charge in [-0.25, -0.2) is 0 Å². The summed E-state index contributed by atoms with van der Waals surface area (Å²) in [6.45, 7) is 10.2. The van der Waals surface area contributed by atoms with Crippen molar-refractivity contribution in [1.82, 2.24) is 14.4 Å². The maximum atomic E-state index is 12.8. The number of carbonyl (C=O) groups is 2. The summed E-state index contributed by atoms with van der Waals surface area (Å²) in [6, 6.07) is 4.03. The van der Waals surface area contributed by atoms with Gasteiger partial charge in [-0.05, 0) is 24.5 Å². The number of unbranched alkanes of at least 4 members (excludes halogenated alkanes) is 1. The molecule has 0 saturated carbocycles. The van der Waals surface area contributed by atoms with Crippen molar-refractivity contribution in [2.45, 2.75) is 53.5 Å². The van der Waals surface area contributed by atoms with Crippen LogP contribution in [-0.4, -0.2) is 45.8 Å². The Hall–Kier alpha value is -1.78. The van der Waals surface area contributed by atoms with Crippen LogP contribution in [0.3, 0.4) is 0 Å². The van der Waals surface area contributed by atoms with Crippen LogP contribution in [0.5, 0.6) is 0 Å². The first-order valence-corrected chi connectivity index (χ1v) is 9.04. The Balaban J connectivity index is 2.81. The molecule has 0 fully saturated rings. The number of carbonyl (C=O) groups excluding carboxylic acids is 2. The highest BCUT2D eigenvalue weighted by Gasteiger charge is 2.21. The molecule has 0 aliphatic rings. The van der Waals surface area contributed by atoms with E-state index in [4.69, 9.17) is 0 Å². The summed E-state index contributed by atoms with van der Waals surface area (Å²) < 4.78 is 2.04. The van der Waals surface area contributed by atoms with Crippen molar-refractivity contribution in [2.75, 3.05) is 19.6 Å². The molecule has 0 atom stereocenters. The average Bonchev–Trinajstić information content (AvgIpc) is 2.94. The number of aromatic nitrogens is 1. The fraction of sp³-hybridized carbons (Fsp3) is 0.684. The summed E-state index contributed by atoms with van der Waals surface area (Å²) in [5.74, 6) is 0.434. The van der Waals surface area contributed by atoms with E-state index < -0.39 is 0 Å². The minimum Gasteiger partial charge on any atom is -0.353 e. The molecule has 2 amide bonds. The lowest BCUT2D eigenvalue weighted by molar-refractivity contribution is -0.141. The molecule has 1 aromatic heterocycles. The van der Waals surface area contributed by atoms with Gasteiger partial charge in [-0.2, -0.15) is 0 Å². The van der Waals surface area contributed by atoms with Gasteiger partial charge in [-0.15, -0.1) is 0 Å². The van der Waals surface area contributed by atoms with Crippen LogP contribution in [0.25, 0.3) is 0 Å². The molecule has 0 spiro atoms. The van der Waals surface area contributed by atoms with Gasteiger partial charge in [0.2, 0.25) is 11.8 Å². The van der Waals surface area contributed by atoms with E-state index in [-0.39, 0.29) is 18.4 Å². The van der Waals surface area contributed by atoms with E-state index in [1.54, 1.807) is 4.90 Å². The molecule has 5 heteroatoms. The lowest BCUT2D eigenvalue weighted by atomic mass is 10.2. The summed E-state index contributed by atoms with van der Waals surface area (Å²) in [5.41, 5.74) is 1.11. The van der Waals surface area contributed by atoms with Crippen molar-refractivity contribution < 1.29 is 9.59 Å². The van der Waals surface area contributed by atoms with E-state index in [2.05, 4.69) is 20.8 Å². The largest absolute Gasteiger partial charge is 0.353 e. The van der Waals surface area contributed by atoms with Gasteiger partial charge in [0.15, 0.2) is 0 Å². The second kappa shape index (κ2) is 10.2. The molecular weight excluding hydrogens is 302 g/mol. The van der Waals surface area contributed by atoms with Gasteiger partial charge in [-0.1, -0.05) is 34.1 Å². The number of aryl methyl sites for hydroxylation is 1. The summed E-state index contributed by atoms with van der Waals surface area (Å²) in [6.07, 6.45) is 4.44. The Kier molecular flexibility index (Phi) is 8.58. The van der Waals surface area contributed by atoms with Crippen molar-refractivity contribution in [3.8, 4) is 0 Å². The Morgan fingerprint density at radius 2 is 1.88 bits per heavy atom. The van der Waals surface area contributed by atoms with Gasteiger partial charge in [-0.3, -0.25) is 9.59 Å². The lowest BCUT2D eigenvalue weighted by Gasteiger charge is -2.28. The predicted molar refractivity (Wildman–Crippen MR) is 97.4 cm³/mol. The molecule has 0 N–H and O–H groups in total. The summed E-state index contributed by atoms with van der Waals surface area (Å²) in [5, 5.41) is 0. The van der Waals surface area contributed by atoms with Gasteiger partial charge < -0.3 is 14.4 Å². The SMILES string of the molecule is CCCCN(Cc1cccn1C)C(=O)CN(CC(C)C)C(=O)CC. The summed E-state index contributed by atoms with van der Waals surface area (Å²) in [7, 11) is 1.99. The zero-order chi connectivity index (χ0) is 18.1. The average molecular weight is 335 g/mol. The number of hydrogen-bond donors (Lipinski definition) is 0. The molecule has 0 aromatic carbocycles. The molecular formula is C19H33N3O2. The van der Waals surface area contributed by atoms with Gasteiger partial charge in [0.05, 0.1) is 13.1 Å². The van der Waals surface area contributed by atoms with Crippen molar-refractivity contribution in [3.05, 3.63) is 24.0 Å². The lowest BCUT2D eigenvalue weighted by Crippen LogP contribution is -2.44. The smallest absolute Gasteiger partial charge is 0.242 e. The van der Waals surface area contributed by atoms with Crippen LogP contribution in [0.15, 0.2) is 18.3 Å². The Bertz CT molecular complexity index is 522. The Morgan fingerprint density at radius 1 is 1.17 bits per heavy atom. The quantitative estimate of drug-likeness (QED) is 0.660. The van der Waals surface area contributed by atoms with E-state index in [9.17, 15) is 9.59 Å². The third kappa shape index (κ3) is 6.38. The monoisotopic (exact) mass is 335 g/mol. The topological polar surface area (TPSA) is 45.6 Å². The van der Waals surface area contributed by atoms with Crippen LogP contribution in [0.1, 0.15) is 52.7 Å². The Morgan fingerprint density at radius 3 is 2.38 bits per heavy atom. The second-order valence-corrected chi connectivity index (χ2v) is 6.80. The standard InChI is InChI=1S/C19H33N3O2/c1-6-8-12-21(14-17-10-9-11-20(17)5)19(24)15-22(13-16(3)4)18(23)7-2/h9-11,16H,6-8,12-15H2,1-5H3. The molecule has 1 aromatic rings. The first-order valence-electron chi connectivity index (χ1n) is 9.04. The first-order chi connectivity index (χ1) is 11.4. The van der Waals surface area contributed by atoms with E-state index in [1.807, 2.05) is 41.8 Å². The zero-order valence-electron chi connectivity index (χ0n) is 15.9. The van der Waals surface area contributed by atoms with E-state index in [0.29, 0.717) is 25.4 Å². The minimum atomic E-state index is 0.0344. The molecule has 0 aliphatic heterocycles. The molecule has 0 unspecified atom stereocenters. The molecule has 0 aliphatic carbocycles. The van der Waals surface area contributed by atoms with Gasteiger partial charge in [0.1, 0.15) is 0 Å². The molecule has 0 radical (unpaired) electrons. The molecule has 0 saturated heterocycles. The Labute approximate surface area is 146 Å². The number of amides is 2. The number of hydrogen-bond acceptors (Lipinski definition) is 2. The third-order valence-electron chi connectivity index (χ3n) is 4.11. The first kappa shape index (κ1) is 20.3. The van der Waals surface area contributed by atoms with Crippen LogP contribution < -0.4 is 0 Å². The molecule has 1 heterocycles. The van der Waals surface area contributed by atoms with Gasteiger partial charge >= 0.3 is 0 Å². The highest BCUT2D eigenvalue weighted by atomic mass is 16.2. The van der Waals surface area contributed by atoms with Crippen LogP contribution in [0, 0.1) is 5.92 Å². The molecule has 5 nitrogen and oxygen atoms in total. The zero-order valence-corrected chi connectivity index (χ0v) is 15.9. The second-order valence-electron chi connectivity index (χ2n) is 6.80. The third-order valence-corrected chi connectivity index (χ3v) is 4.11. The van der Waals surface area contributed by atoms with Crippen molar-refractivity contribution in [2.24, 2.45) is 13.0 Å². The van der Waals surface area contributed by atoms with Crippen LogP contribution in [0.2, 0.25) is 0 Å². The van der Waals surface area contributed by atoms with E-state index >= 15 is 0 Å².